The Morgan fingerprint density at radius 2 is 1.84 bits per heavy atom. The van der Waals surface area contributed by atoms with Crippen molar-refractivity contribution in [3.05, 3.63) is 45.0 Å². The molecule has 0 radical (unpaired) electrons. The first kappa shape index (κ1) is 22.2. The lowest BCUT2D eigenvalue weighted by atomic mass is 9.88. The predicted octanol–water partition coefficient (Wildman–Crippen LogP) is 3.49. The molecule has 0 saturated carbocycles. The van der Waals surface area contributed by atoms with Crippen LogP contribution in [0.2, 0.25) is 10.0 Å². The Morgan fingerprint density at radius 3 is 2.48 bits per heavy atom. The van der Waals surface area contributed by atoms with Crippen LogP contribution in [0.15, 0.2) is 34.3 Å². The number of hydrogen-bond donors (Lipinski definition) is 1. The minimum absolute atomic E-state index is 0.189. The zero-order chi connectivity index (χ0) is 22.6. The minimum atomic E-state index is -1.86. The first-order valence-corrected chi connectivity index (χ1v) is 11.0. The number of halogens is 3. The Kier molecular flexibility index (Phi) is 5.65. The number of piperidine rings is 1. The van der Waals surface area contributed by atoms with Crippen molar-refractivity contribution in [3.8, 4) is 0 Å². The fourth-order valence-corrected chi connectivity index (χ4v) is 4.73. The molecular formula is C22H25Cl2FN4O2. The van der Waals surface area contributed by atoms with Gasteiger partial charge in [0.2, 0.25) is 0 Å². The van der Waals surface area contributed by atoms with Crippen LogP contribution in [-0.4, -0.2) is 71.9 Å². The summed E-state index contributed by atoms with van der Waals surface area (Å²) >= 11 is 11.9. The second-order valence-electron chi connectivity index (χ2n) is 8.92. The Bertz CT molecular complexity index is 1010. The molecule has 0 bridgehead atoms. The summed E-state index contributed by atoms with van der Waals surface area (Å²) < 4.78 is 15.6. The van der Waals surface area contributed by atoms with Crippen LogP contribution in [0, 0.1) is 0 Å². The highest BCUT2D eigenvalue weighted by Crippen LogP contribution is 2.41. The molecule has 6 nitrogen and oxygen atoms in total. The summed E-state index contributed by atoms with van der Waals surface area (Å²) in [7, 11) is 1.93. The molecule has 0 spiro atoms. The molecule has 0 aliphatic carbocycles. The smallest absolute Gasteiger partial charge is 0.261 e. The highest BCUT2D eigenvalue weighted by molar-refractivity contribution is 6.42. The molecule has 1 aromatic carbocycles. The lowest BCUT2D eigenvalue weighted by Crippen LogP contribution is -2.56. The molecule has 1 fully saturated rings. The topological polar surface area (TPSA) is 65.0 Å². The fraction of sp³-hybridized carbons (Fsp3) is 0.500. The van der Waals surface area contributed by atoms with E-state index >= 15 is 4.39 Å². The molecule has 4 rings (SSSR count). The van der Waals surface area contributed by atoms with Crippen molar-refractivity contribution in [1.29, 1.82) is 0 Å². The van der Waals surface area contributed by atoms with E-state index in [0.717, 1.165) is 11.1 Å². The van der Waals surface area contributed by atoms with Gasteiger partial charge in [0.25, 0.3) is 11.8 Å². The molecule has 3 aliphatic rings. The Morgan fingerprint density at radius 1 is 1.16 bits per heavy atom. The Labute approximate surface area is 191 Å². The third-order valence-electron chi connectivity index (χ3n) is 6.60. The van der Waals surface area contributed by atoms with E-state index in [9.17, 15) is 9.59 Å². The summed E-state index contributed by atoms with van der Waals surface area (Å²) in [4.78, 5) is 34.0. The van der Waals surface area contributed by atoms with Crippen LogP contribution < -0.4 is 5.32 Å². The number of amidine groups is 1. The van der Waals surface area contributed by atoms with Crippen LogP contribution in [0.5, 0.6) is 0 Å². The highest BCUT2D eigenvalue weighted by Gasteiger charge is 2.52. The Balaban J connectivity index is 1.51. The number of alkyl halides is 1. The van der Waals surface area contributed by atoms with Gasteiger partial charge >= 0.3 is 0 Å². The molecule has 9 heteroatoms. The Hall–Kier alpha value is -1.96. The van der Waals surface area contributed by atoms with E-state index < -0.39 is 17.1 Å². The van der Waals surface area contributed by atoms with E-state index in [4.69, 9.17) is 23.2 Å². The van der Waals surface area contributed by atoms with Gasteiger partial charge in [-0.1, -0.05) is 23.2 Å². The molecule has 31 heavy (non-hydrogen) atoms. The lowest BCUT2D eigenvalue weighted by Gasteiger charge is -2.41. The summed E-state index contributed by atoms with van der Waals surface area (Å²) in [6.45, 7) is 5.51. The van der Waals surface area contributed by atoms with Gasteiger partial charge in [0.05, 0.1) is 28.7 Å². The van der Waals surface area contributed by atoms with Crippen molar-refractivity contribution >= 4 is 40.9 Å². The number of nitrogens with zero attached hydrogens (tertiary/aromatic N) is 3. The summed E-state index contributed by atoms with van der Waals surface area (Å²) in [6, 6.07) is 4.63. The highest BCUT2D eigenvalue weighted by atomic mass is 35.5. The van der Waals surface area contributed by atoms with Crippen LogP contribution in [0.3, 0.4) is 0 Å². The van der Waals surface area contributed by atoms with Crippen LogP contribution in [0.1, 0.15) is 37.0 Å². The van der Waals surface area contributed by atoms with Gasteiger partial charge in [0, 0.05) is 37.1 Å². The van der Waals surface area contributed by atoms with Gasteiger partial charge < -0.3 is 15.1 Å². The van der Waals surface area contributed by atoms with Crippen LogP contribution in [0.4, 0.5) is 4.39 Å². The number of carbonyl (C=O) groups excluding carboxylic acids is 2. The summed E-state index contributed by atoms with van der Waals surface area (Å²) in [5, 5.41) is 3.47. The molecule has 0 unspecified atom stereocenters. The summed E-state index contributed by atoms with van der Waals surface area (Å²) in [5.74, 6) is -0.424. The number of rotatable bonds is 2. The largest absolute Gasteiger partial charge is 0.327 e. The van der Waals surface area contributed by atoms with Gasteiger partial charge in [-0.2, -0.15) is 0 Å². The number of carbonyl (C=O) groups is 2. The number of hydrogen-bond acceptors (Lipinski definition) is 4. The quantitative estimate of drug-likeness (QED) is 0.725. The first-order valence-electron chi connectivity index (χ1n) is 10.3. The van der Waals surface area contributed by atoms with Gasteiger partial charge in [-0.25, -0.2) is 4.39 Å². The zero-order valence-electron chi connectivity index (χ0n) is 17.8. The molecule has 3 aliphatic heterocycles. The van der Waals surface area contributed by atoms with Gasteiger partial charge in [-0.05, 0) is 44.7 Å². The lowest BCUT2D eigenvalue weighted by molar-refractivity contribution is -0.150. The first-order chi connectivity index (χ1) is 14.5. The summed E-state index contributed by atoms with van der Waals surface area (Å²) in [6.07, 6.45) is 0.378. The van der Waals surface area contributed by atoms with Crippen molar-refractivity contribution < 1.29 is 14.0 Å². The van der Waals surface area contributed by atoms with E-state index in [2.05, 4.69) is 10.3 Å². The maximum Gasteiger partial charge on any atom is 0.261 e. The average Bonchev–Trinajstić information content (AvgIpc) is 3.24. The molecular weight excluding hydrogens is 442 g/mol. The number of likely N-dealkylation sites (tertiary alicyclic amines) is 1. The van der Waals surface area contributed by atoms with Crippen LogP contribution >= 0.6 is 23.2 Å². The van der Waals surface area contributed by atoms with Crippen molar-refractivity contribution in [1.82, 2.24) is 15.1 Å². The van der Waals surface area contributed by atoms with E-state index in [1.807, 2.05) is 25.8 Å². The van der Waals surface area contributed by atoms with E-state index in [0.29, 0.717) is 36.1 Å². The molecule has 166 valence electrons. The fourth-order valence-electron chi connectivity index (χ4n) is 4.43. The standard InChI is InChI=1S/C22H25Cl2FN4O2/c1-21(2)15-11-26-18(27-19(30)13-4-5-16(23)17(24)10-13)14(15)12-29(21)20(31)22(25)6-8-28(3)9-7-22/h4-5,10H,6-9,11-12H2,1-3H3,(H,26,27,30). The second-order valence-corrected chi connectivity index (χ2v) is 9.74. The van der Waals surface area contributed by atoms with Crippen molar-refractivity contribution in [2.24, 2.45) is 4.99 Å². The van der Waals surface area contributed by atoms with E-state index in [1.165, 1.54) is 6.07 Å². The monoisotopic (exact) mass is 466 g/mol. The third kappa shape index (κ3) is 3.88. The number of benzene rings is 1. The molecule has 3 heterocycles. The van der Waals surface area contributed by atoms with Crippen molar-refractivity contribution in [2.75, 3.05) is 33.2 Å². The van der Waals surface area contributed by atoms with Gasteiger partial charge in [0.1, 0.15) is 5.84 Å². The normalized spacial score (nSPS) is 22.4. The number of amides is 2. The SMILES string of the molecule is CN1CCC(F)(C(=O)N2CC3=C(CN=C3NC(=O)c3ccc(Cl)c(Cl)c3)C2(C)C)CC1. The predicted molar refractivity (Wildman–Crippen MR) is 120 cm³/mol. The van der Waals surface area contributed by atoms with E-state index in [1.54, 1.807) is 17.0 Å². The van der Waals surface area contributed by atoms with E-state index in [-0.39, 0.29) is 30.3 Å². The number of nitrogens with one attached hydrogen (secondary N) is 1. The maximum absolute atomic E-state index is 15.6. The van der Waals surface area contributed by atoms with Crippen LogP contribution in [0.25, 0.3) is 0 Å². The van der Waals surface area contributed by atoms with Crippen molar-refractivity contribution in [2.45, 2.75) is 37.9 Å². The summed E-state index contributed by atoms with van der Waals surface area (Å²) in [5.41, 5.74) is -0.464. The number of aliphatic imine (C=N–C) groups is 1. The molecule has 0 aromatic heterocycles. The molecule has 0 atom stereocenters. The second kappa shape index (κ2) is 7.87. The molecule has 1 saturated heterocycles. The molecule has 1 aromatic rings. The zero-order valence-corrected chi connectivity index (χ0v) is 19.3. The average molecular weight is 467 g/mol. The minimum Gasteiger partial charge on any atom is -0.327 e. The van der Waals surface area contributed by atoms with Crippen molar-refractivity contribution in [3.63, 3.8) is 0 Å². The van der Waals surface area contributed by atoms with Gasteiger partial charge in [-0.3, -0.25) is 14.6 Å². The third-order valence-corrected chi connectivity index (χ3v) is 7.34. The van der Waals surface area contributed by atoms with Gasteiger partial charge in [0.15, 0.2) is 5.67 Å². The maximum atomic E-state index is 15.6. The molecule has 1 N–H and O–H groups in total. The molecule has 2 amide bonds. The van der Waals surface area contributed by atoms with Gasteiger partial charge in [-0.15, -0.1) is 0 Å². The van der Waals surface area contributed by atoms with Crippen LogP contribution in [-0.2, 0) is 4.79 Å².